The Bertz CT molecular complexity index is 445. The first-order valence-corrected chi connectivity index (χ1v) is 5.51. The van der Waals surface area contributed by atoms with E-state index in [1.807, 2.05) is 0 Å². The second kappa shape index (κ2) is 6.00. The fourth-order valence-corrected chi connectivity index (χ4v) is 1.38. The molecule has 1 atom stereocenters. The number of nitrogens with zero attached hydrogens (tertiary/aromatic N) is 3. The topological polar surface area (TPSA) is 66.2 Å². The number of hydrogen-bond acceptors (Lipinski definition) is 5. The van der Waals surface area contributed by atoms with Crippen LogP contribution >= 0.6 is 0 Å². The molecule has 1 aromatic heterocycles. The number of aromatic nitrogens is 3. The van der Waals surface area contributed by atoms with Crippen LogP contribution in [0.1, 0.15) is 30.0 Å². The number of halogens is 3. The summed E-state index contributed by atoms with van der Waals surface area (Å²) in [4.78, 5) is 11.4. The predicted octanol–water partition coefficient (Wildman–Crippen LogP) is 1.51. The van der Waals surface area contributed by atoms with Gasteiger partial charge >= 0.3 is 12.1 Å². The molecular formula is C10H14F3N3O3. The Labute approximate surface area is 107 Å². The lowest BCUT2D eigenvalue weighted by atomic mass is 10.3. The van der Waals surface area contributed by atoms with Crippen LogP contribution in [0.2, 0.25) is 0 Å². The zero-order chi connectivity index (χ0) is 14.6. The van der Waals surface area contributed by atoms with Gasteiger partial charge in [0, 0.05) is 7.11 Å². The molecule has 1 aromatic rings. The second-order valence-electron chi connectivity index (χ2n) is 3.73. The minimum Gasteiger partial charge on any atom is -0.461 e. The first-order valence-electron chi connectivity index (χ1n) is 5.51. The summed E-state index contributed by atoms with van der Waals surface area (Å²) in [7, 11) is 1.36. The lowest BCUT2D eigenvalue weighted by Crippen LogP contribution is -2.23. The maximum Gasteiger partial charge on any atom is 0.435 e. The molecule has 1 rings (SSSR count). The Hall–Kier alpha value is -1.64. The first-order chi connectivity index (χ1) is 8.81. The van der Waals surface area contributed by atoms with Gasteiger partial charge in [0.2, 0.25) is 5.69 Å². The minimum atomic E-state index is -4.75. The highest BCUT2D eigenvalue weighted by atomic mass is 19.4. The van der Waals surface area contributed by atoms with Crippen molar-refractivity contribution in [2.75, 3.05) is 13.7 Å². The zero-order valence-electron chi connectivity index (χ0n) is 10.7. The predicted molar refractivity (Wildman–Crippen MR) is 57.5 cm³/mol. The van der Waals surface area contributed by atoms with Crippen molar-refractivity contribution < 1.29 is 27.4 Å². The van der Waals surface area contributed by atoms with Crippen molar-refractivity contribution in [1.82, 2.24) is 15.0 Å². The quantitative estimate of drug-likeness (QED) is 0.765. The summed E-state index contributed by atoms with van der Waals surface area (Å²) >= 11 is 0. The van der Waals surface area contributed by atoms with Crippen molar-refractivity contribution in [3.63, 3.8) is 0 Å². The van der Waals surface area contributed by atoms with Gasteiger partial charge in [-0.3, -0.25) is 0 Å². The highest BCUT2D eigenvalue weighted by Gasteiger charge is 2.42. The molecule has 1 heterocycles. The van der Waals surface area contributed by atoms with E-state index in [0.29, 0.717) is 4.68 Å². The molecule has 6 nitrogen and oxygen atoms in total. The molecule has 0 saturated carbocycles. The number of methoxy groups -OCH3 is 1. The van der Waals surface area contributed by atoms with E-state index in [0.717, 1.165) is 0 Å². The number of rotatable bonds is 5. The fraction of sp³-hybridized carbons (Fsp3) is 0.700. The van der Waals surface area contributed by atoms with Crippen LogP contribution in [-0.2, 0) is 22.2 Å². The van der Waals surface area contributed by atoms with Crippen molar-refractivity contribution in [1.29, 1.82) is 0 Å². The highest BCUT2D eigenvalue weighted by Crippen LogP contribution is 2.31. The van der Waals surface area contributed by atoms with Crippen LogP contribution < -0.4 is 0 Å². The minimum absolute atomic E-state index is 0.0442. The van der Waals surface area contributed by atoms with Crippen molar-refractivity contribution in [3.05, 3.63) is 11.4 Å². The monoisotopic (exact) mass is 281 g/mol. The molecule has 0 saturated heterocycles. The zero-order valence-corrected chi connectivity index (χ0v) is 10.7. The molecular weight excluding hydrogens is 267 g/mol. The molecule has 0 N–H and O–H groups in total. The fourth-order valence-electron chi connectivity index (χ4n) is 1.38. The summed E-state index contributed by atoms with van der Waals surface area (Å²) in [5.41, 5.74) is -2.06. The van der Waals surface area contributed by atoms with E-state index in [1.54, 1.807) is 6.92 Å². The van der Waals surface area contributed by atoms with Crippen molar-refractivity contribution in [2.45, 2.75) is 32.7 Å². The summed E-state index contributed by atoms with van der Waals surface area (Å²) in [6.45, 7) is 2.85. The van der Waals surface area contributed by atoms with Gasteiger partial charge < -0.3 is 9.47 Å². The normalized spacial score (nSPS) is 13.4. The molecule has 0 aliphatic carbocycles. The van der Waals surface area contributed by atoms with E-state index >= 15 is 0 Å². The van der Waals surface area contributed by atoms with E-state index in [9.17, 15) is 18.0 Å². The number of carbonyl (C=O) groups excluding carboxylic acids is 1. The van der Waals surface area contributed by atoms with E-state index in [4.69, 9.17) is 4.74 Å². The Kier molecular flexibility index (Phi) is 4.87. The van der Waals surface area contributed by atoms with Crippen LogP contribution in [0.25, 0.3) is 0 Å². The lowest BCUT2D eigenvalue weighted by Gasteiger charge is -2.13. The molecule has 0 spiro atoms. The van der Waals surface area contributed by atoms with Gasteiger partial charge in [-0.15, -0.1) is 5.10 Å². The molecule has 0 fully saturated rings. The maximum atomic E-state index is 12.9. The number of ether oxygens (including phenoxy) is 2. The Morgan fingerprint density at radius 1 is 1.47 bits per heavy atom. The van der Waals surface area contributed by atoms with Gasteiger partial charge in [0.05, 0.1) is 19.3 Å². The van der Waals surface area contributed by atoms with Crippen LogP contribution in [0.15, 0.2) is 0 Å². The third-order valence-corrected chi connectivity index (χ3v) is 2.30. The van der Waals surface area contributed by atoms with Gasteiger partial charge in [0.15, 0.2) is 5.69 Å². The second-order valence-corrected chi connectivity index (χ2v) is 3.73. The first kappa shape index (κ1) is 15.4. The van der Waals surface area contributed by atoms with Gasteiger partial charge in [-0.25, -0.2) is 9.48 Å². The van der Waals surface area contributed by atoms with Gasteiger partial charge in [0.1, 0.15) is 0 Å². The van der Waals surface area contributed by atoms with Gasteiger partial charge in [0.25, 0.3) is 0 Å². The molecule has 0 bridgehead atoms. The largest absolute Gasteiger partial charge is 0.461 e. The van der Waals surface area contributed by atoms with E-state index in [-0.39, 0.29) is 13.2 Å². The average Bonchev–Trinajstić information content (AvgIpc) is 2.72. The summed E-state index contributed by atoms with van der Waals surface area (Å²) < 4.78 is 48.8. The van der Waals surface area contributed by atoms with E-state index in [2.05, 4.69) is 15.0 Å². The molecule has 0 amide bonds. The number of hydrogen-bond donors (Lipinski definition) is 0. The smallest absolute Gasteiger partial charge is 0.435 e. The molecule has 0 aliphatic heterocycles. The Morgan fingerprint density at radius 3 is 2.58 bits per heavy atom. The number of alkyl halides is 3. The average molecular weight is 281 g/mol. The maximum absolute atomic E-state index is 12.9. The SMILES string of the molecule is CCOC(=O)c1nnn(CC(C)OC)c1C(F)(F)F. The third kappa shape index (κ3) is 3.66. The highest BCUT2D eigenvalue weighted by molar-refractivity contribution is 5.88. The summed E-state index contributed by atoms with van der Waals surface area (Å²) in [5, 5.41) is 6.59. The standard InChI is InChI=1S/C10H14F3N3O3/c1-4-19-9(17)7-8(10(11,12)13)16(15-14-7)5-6(2)18-3/h6H,4-5H2,1-3H3. The summed E-state index contributed by atoms with van der Waals surface area (Å²) in [6.07, 6.45) is -5.25. The summed E-state index contributed by atoms with van der Waals surface area (Å²) in [6, 6.07) is 0. The number of esters is 1. The van der Waals surface area contributed by atoms with Gasteiger partial charge in [-0.1, -0.05) is 5.21 Å². The third-order valence-electron chi connectivity index (χ3n) is 2.30. The van der Waals surface area contributed by atoms with Crippen molar-refractivity contribution in [2.24, 2.45) is 0 Å². The summed E-state index contributed by atoms with van der Waals surface area (Å²) in [5.74, 6) is -1.15. The molecule has 0 aromatic carbocycles. The Morgan fingerprint density at radius 2 is 2.11 bits per heavy atom. The van der Waals surface area contributed by atoms with E-state index in [1.165, 1.54) is 14.0 Å². The van der Waals surface area contributed by atoms with Crippen LogP contribution in [0.5, 0.6) is 0 Å². The molecule has 108 valence electrons. The molecule has 1 unspecified atom stereocenters. The van der Waals surface area contributed by atoms with Gasteiger partial charge in [-0.2, -0.15) is 13.2 Å². The number of carbonyl (C=O) groups is 1. The molecule has 19 heavy (non-hydrogen) atoms. The van der Waals surface area contributed by atoms with Crippen molar-refractivity contribution in [3.8, 4) is 0 Å². The van der Waals surface area contributed by atoms with Crippen LogP contribution in [0.4, 0.5) is 13.2 Å². The molecule has 0 aliphatic rings. The molecule has 0 radical (unpaired) electrons. The van der Waals surface area contributed by atoms with Crippen LogP contribution in [0.3, 0.4) is 0 Å². The Balaban J connectivity index is 3.16. The lowest BCUT2D eigenvalue weighted by molar-refractivity contribution is -0.145. The van der Waals surface area contributed by atoms with Crippen molar-refractivity contribution >= 4 is 5.97 Å². The van der Waals surface area contributed by atoms with Crippen LogP contribution in [0, 0.1) is 0 Å². The van der Waals surface area contributed by atoms with Gasteiger partial charge in [-0.05, 0) is 13.8 Å². The van der Waals surface area contributed by atoms with E-state index < -0.39 is 29.6 Å². The van der Waals surface area contributed by atoms with Crippen LogP contribution in [-0.4, -0.2) is 40.8 Å². The molecule has 9 heteroatoms.